The Balaban J connectivity index is 1.71. The highest BCUT2D eigenvalue weighted by atomic mass is 15.1. The average Bonchev–Trinajstić information content (AvgIpc) is 3.11. The molecule has 4 rings (SSSR count). The Morgan fingerprint density at radius 2 is 2.24 bits per heavy atom. The number of hydrogen-bond donors (Lipinski definition) is 1. The molecular weight excluding hydrogens is 258 g/mol. The Kier molecular flexibility index (Phi) is 3.02. The lowest BCUT2D eigenvalue weighted by molar-refractivity contribution is 0.101. The first-order chi connectivity index (χ1) is 10.3. The van der Waals surface area contributed by atoms with Crippen LogP contribution in [-0.2, 0) is 13.0 Å². The van der Waals surface area contributed by atoms with Crippen molar-refractivity contribution in [3.05, 3.63) is 36.3 Å². The van der Waals surface area contributed by atoms with Crippen molar-refractivity contribution in [3.63, 3.8) is 0 Å². The first-order valence-electron chi connectivity index (χ1n) is 8.18. The Morgan fingerprint density at radius 3 is 3.00 bits per heavy atom. The van der Waals surface area contributed by atoms with Gasteiger partial charge >= 0.3 is 0 Å². The van der Waals surface area contributed by atoms with Crippen LogP contribution in [0.25, 0.3) is 11.3 Å². The highest BCUT2D eigenvalue weighted by molar-refractivity contribution is 5.79. The third-order valence-electron chi connectivity index (χ3n) is 5.51. The highest BCUT2D eigenvalue weighted by Gasteiger charge is 2.35. The number of nitrogens with zero attached hydrogens (tertiary/aromatic N) is 2. The van der Waals surface area contributed by atoms with Gasteiger partial charge in [-0.05, 0) is 36.7 Å². The van der Waals surface area contributed by atoms with E-state index in [0.717, 1.165) is 19.5 Å². The summed E-state index contributed by atoms with van der Waals surface area (Å²) >= 11 is 0. The monoisotopic (exact) mass is 281 g/mol. The van der Waals surface area contributed by atoms with E-state index in [1.54, 1.807) is 0 Å². The lowest BCUT2D eigenvalue weighted by Gasteiger charge is -2.42. The fraction of sp³-hybridized carbons (Fsp3) is 0.500. The van der Waals surface area contributed by atoms with E-state index < -0.39 is 0 Å². The van der Waals surface area contributed by atoms with Crippen LogP contribution in [0, 0.1) is 5.41 Å². The van der Waals surface area contributed by atoms with Gasteiger partial charge in [0, 0.05) is 24.3 Å². The van der Waals surface area contributed by atoms with Crippen molar-refractivity contribution in [1.29, 1.82) is 0 Å². The van der Waals surface area contributed by atoms with Gasteiger partial charge in [0.2, 0.25) is 0 Å². The topological polar surface area (TPSA) is 29.9 Å². The predicted octanol–water partition coefficient (Wildman–Crippen LogP) is 4.10. The van der Waals surface area contributed by atoms with E-state index in [1.165, 1.54) is 48.2 Å². The van der Waals surface area contributed by atoms with Crippen LogP contribution in [0.2, 0.25) is 0 Å². The van der Waals surface area contributed by atoms with Gasteiger partial charge in [0.05, 0.1) is 18.2 Å². The average molecular weight is 281 g/mol. The van der Waals surface area contributed by atoms with Crippen LogP contribution >= 0.6 is 0 Å². The molecule has 2 aliphatic rings. The predicted molar refractivity (Wildman–Crippen MR) is 86.4 cm³/mol. The number of rotatable bonds is 4. The lowest BCUT2D eigenvalue weighted by atomic mass is 9.67. The van der Waals surface area contributed by atoms with Crippen molar-refractivity contribution in [2.45, 2.75) is 45.6 Å². The first kappa shape index (κ1) is 12.9. The van der Waals surface area contributed by atoms with Crippen LogP contribution in [0.5, 0.6) is 0 Å². The van der Waals surface area contributed by atoms with Crippen molar-refractivity contribution < 1.29 is 0 Å². The molecule has 2 heterocycles. The summed E-state index contributed by atoms with van der Waals surface area (Å²) in [5.41, 5.74) is 5.85. The van der Waals surface area contributed by atoms with E-state index in [-0.39, 0.29) is 0 Å². The third-order valence-corrected chi connectivity index (χ3v) is 5.51. The third kappa shape index (κ3) is 2.06. The minimum atomic E-state index is 0.515. The second kappa shape index (κ2) is 4.90. The minimum absolute atomic E-state index is 0.515. The molecule has 0 radical (unpaired) electrons. The molecule has 1 aliphatic heterocycles. The number of nitrogens with one attached hydrogen (secondary N) is 1. The molecule has 2 aromatic rings. The Bertz CT molecular complexity index is 647. The fourth-order valence-corrected chi connectivity index (χ4v) is 3.89. The molecule has 0 saturated heterocycles. The summed E-state index contributed by atoms with van der Waals surface area (Å²) in [5.74, 6) is 0. The van der Waals surface area contributed by atoms with Gasteiger partial charge in [-0.25, -0.2) is 4.98 Å². The number of para-hydroxylation sites is 1. The van der Waals surface area contributed by atoms with Gasteiger partial charge in [-0.2, -0.15) is 0 Å². The lowest BCUT2D eigenvalue weighted by Crippen LogP contribution is -2.33. The molecule has 1 saturated carbocycles. The summed E-state index contributed by atoms with van der Waals surface area (Å²) in [6.45, 7) is 4.50. The highest BCUT2D eigenvalue weighted by Crippen LogP contribution is 2.46. The van der Waals surface area contributed by atoms with Gasteiger partial charge in [0.15, 0.2) is 0 Å². The maximum atomic E-state index is 4.44. The molecule has 0 bridgehead atoms. The van der Waals surface area contributed by atoms with Crippen LogP contribution < -0.4 is 5.32 Å². The van der Waals surface area contributed by atoms with Gasteiger partial charge in [-0.3, -0.25) is 0 Å². The zero-order valence-electron chi connectivity index (χ0n) is 12.7. The van der Waals surface area contributed by atoms with Crippen LogP contribution in [0.1, 0.15) is 38.2 Å². The van der Waals surface area contributed by atoms with Crippen LogP contribution in [0.3, 0.4) is 0 Å². The number of anilines is 1. The summed E-state index contributed by atoms with van der Waals surface area (Å²) in [4.78, 5) is 4.44. The molecule has 0 amide bonds. The molecule has 3 nitrogen and oxygen atoms in total. The molecule has 110 valence electrons. The van der Waals surface area contributed by atoms with Crippen molar-refractivity contribution in [2.75, 3.05) is 11.9 Å². The van der Waals surface area contributed by atoms with E-state index in [0.29, 0.717) is 5.41 Å². The molecule has 3 heteroatoms. The number of aromatic nitrogens is 2. The molecule has 1 aromatic heterocycles. The standard InChI is InChI=1S/C18H23N3/c1-2-18(8-4-9-18)12-21-13-19-11-16(21)15-6-3-5-14-7-10-20-17(14)15/h3,5-6,11,13,20H,2,4,7-10,12H2,1H3. The van der Waals surface area contributed by atoms with Gasteiger partial charge in [-0.15, -0.1) is 0 Å². The molecule has 1 fully saturated rings. The van der Waals surface area contributed by atoms with Crippen molar-refractivity contribution in [2.24, 2.45) is 5.41 Å². The van der Waals surface area contributed by atoms with E-state index in [9.17, 15) is 0 Å². The largest absolute Gasteiger partial charge is 0.384 e. The zero-order chi connectivity index (χ0) is 14.3. The number of benzene rings is 1. The zero-order valence-corrected chi connectivity index (χ0v) is 12.7. The van der Waals surface area contributed by atoms with Gasteiger partial charge in [0.1, 0.15) is 0 Å². The summed E-state index contributed by atoms with van der Waals surface area (Å²) < 4.78 is 2.37. The smallest absolute Gasteiger partial charge is 0.0951 e. The summed E-state index contributed by atoms with van der Waals surface area (Å²) in [6, 6.07) is 6.64. The SMILES string of the molecule is CCC1(Cn2cncc2-c2cccc3c2NCC3)CCC1. The van der Waals surface area contributed by atoms with Crippen molar-refractivity contribution >= 4 is 5.69 Å². The van der Waals surface area contributed by atoms with Crippen LogP contribution in [0.15, 0.2) is 30.7 Å². The molecule has 0 atom stereocenters. The minimum Gasteiger partial charge on any atom is -0.384 e. The van der Waals surface area contributed by atoms with E-state index in [2.05, 4.69) is 40.0 Å². The normalized spacial score (nSPS) is 18.9. The molecule has 1 aromatic carbocycles. The van der Waals surface area contributed by atoms with Gasteiger partial charge in [-0.1, -0.05) is 31.5 Å². The summed E-state index contributed by atoms with van der Waals surface area (Å²) in [7, 11) is 0. The van der Waals surface area contributed by atoms with Gasteiger partial charge < -0.3 is 9.88 Å². The molecule has 0 unspecified atom stereocenters. The first-order valence-corrected chi connectivity index (χ1v) is 8.18. The fourth-order valence-electron chi connectivity index (χ4n) is 3.89. The van der Waals surface area contributed by atoms with Crippen molar-refractivity contribution in [3.8, 4) is 11.3 Å². The van der Waals surface area contributed by atoms with E-state index in [1.807, 2.05) is 12.5 Å². The van der Waals surface area contributed by atoms with Crippen molar-refractivity contribution in [1.82, 2.24) is 9.55 Å². The number of hydrogen-bond acceptors (Lipinski definition) is 2. The Morgan fingerprint density at radius 1 is 1.33 bits per heavy atom. The molecule has 1 N–H and O–H groups in total. The summed E-state index contributed by atoms with van der Waals surface area (Å²) in [6.07, 6.45) is 10.6. The number of fused-ring (bicyclic) bond motifs is 1. The Hall–Kier alpha value is -1.77. The van der Waals surface area contributed by atoms with E-state index >= 15 is 0 Å². The van der Waals surface area contributed by atoms with E-state index in [4.69, 9.17) is 0 Å². The van der Waals surface area contributed by atoms with Gasteiger partial charge in [0.25, 0.3) is 0 Å². The maximum absolute atomic E-state index is 4.44. The Labute approximate surface area is 126 Å². The van der Waals surface area contributed by atoms with Crippen LogP contribution in [-0.4, -0.2) is 16.1 Å². The number of imidazole rings is 1. The summed E-state index contributed by atoms with van der Waals surface area (Å²) in [5, 5.41) is 3.55. The second-order valence-corrected chi connectivity index (χ2v) is 6.63. The second-order valence-electron chi connectivity index (χ2n) is 6.63. The molecule has 0 spiro atoms. The molecular formula is C18H23N3. The quantitative estimate of drug-likeness (QED) is 0.914. The maximum Gasteiger partial charge on any atom is 0.0951 e. The molecule has 21 heavy (non-hydrogen) atoms. The van der Waals surface area contributed by atoms with Crippen LogP contribution in [0.4, 0.5) is 5.69 Å². The molecule has 1 aliphatic carbocycles.